The smallest absolute Gasteiger partial charge is 0.240 e. The average molecular weight is 318 g/mol. The van der Waals surface area contributed by atoms with Gasteiger partial charge in [-0.2, -0.15) is 0 Å². The van der Waals surface area contributed by atoms with Crippen molar-refractivity contribution in [2.75, 3.05) is 0 Å². The molecule has 4 nitrogen and oxygen atoms in total. The number of halogens is 1. The molecule has 0 aliphatic rings. The normalized spacial score (nSPS) is 11.9. The van der Waals surface area contributed by atoms with Crippen molar-refractivity contribution >= 4 is 20.9 Å². The van der Waals surface area contributed by atoms with Gasteiger partial charge in [0.05, 0.1) is 4.90 Å². The van der Waals surface area contributed by atoms with Gasteiger partial charge in [-0.3, -0.25) is 0 Å². The molecular formula is C16H15FN2O2S. The first kappa shape index (κ1) is 14.7. The zero-order valence-corrected chi connectivity index (χ0v) is 12.7. The maximum Gasteiger partial charge on any atom is 0.240 e. The molecule has 0 aliphatic heterocycles. The van der Waals surface area contributed by atoms with Crippen molar-refractivity contribution in [3.8, 4) is 0 Å². The standard InChI is InChI=1S/C16H15FN2O2S/c1-11-8-13-9-12(2-7-16(13)19-11)10-18-22(20,21)15-5-3-14(17)4-6-15/h2-9,18-19H,10H2,1H3. The molecule has 6 heteroatoms. The van der Waals surface area contributed by atoms with E-state index in [-0.39, 0.29) is 11.4 Å². The molecule has 0 atom stereocenters. The van der Waals surface area contributed by atoms with Crippen LogP contribution in [0.5, 0.6) is 0 Å². The summed E-state index contributed by atoms with van der Waals surface area (Å²) in [7, 11) is -3.65. The number of sulfonamides is 1. The summed E-state index contributed by atoms with van der Waals surface area (Å²) >= 11 is 0. The van der Waals surface area contributed by atoms with E-state index in [1.807, 2.05) is 31.2 Å². The van der Waals surface area contributed by atoms with Gasteiger partial charge < -0.3 is 4.98 Å². The lowest BCUT2D eigenvalue weighted by Gasteiger charge is -2.07. The molecule has 0 bridgehead atoms. The highest BCUT2D eigenvalue weighted by Crippen LogP contribution is 2.17. The van der Waals surface area contributed by atoms with E-state index < -0.39 is 15.8 Å². The SMILES string of the molecule is Cc1cc2cc(CNS(=O)(=O)c3ccc(F)cc3)ccc2[nH]1. The minimum absolute atomic E-state index is 0.0486. The number of aromatic amines is 1. The monoisotopic (exact) mass is 318 g/mol. The summed E-state index contributed by atoms with van der Waals surface area (Å²) in [6.07, 6.45) is 0. The molecule has 3 aromatic rings. The molecule has 0 unspecified atom stereocenters. The van der Waals surface area contributed by atoms with Crippen LogP contribution in [0.1, 0.15) is 11.3 Å². The third kappa shape index (κ3) is 3.03. The Kier molecular flexibility index (Phi) is 3.72. The molecule has 22 heavy (non-hydrogen) atoms. The van der Waals surface area contributed by atoms with Gasteiger partial charge in [0.25, 0.3) is 0 Å². The zero-order valence-electron chi connectivity index (χ0n) is 11.9. The molecule has 2 aromatic carbocycles. The van der Waals surface area contributed by atoms with Crippen LogP contribution in [0.15, 0.2) is 53.4 Å². The van der Waals surface area contributed by atoms with Crippen LogP contribution in [0.2, 0.25) is 0 Å². The predicted octanol–water partition coefficient (Wildman–Crippen LogP) is 3.09. The third-order valence-electron chi connectivity index (χ3n) is 3.41. The molecule has 3 rings (SSSR count). The third-order valence-corrected chi connectivity index (χ3v) is 4.83. The first-order valence-electron chi connectivity index (χ1n) is 6.77. The van der Waals surface area contributed by atoms with E-state index in [9.17, 15) is 12.8 Å². The van der Waals surface area contributed by atoms with Crippen LogP contribution in [0.4, 0.5) is 4.39 Å². The van der Waals surface area contributed by atoms with Gasteiger partial charge in [-0.15, -0.1) is 0 Å². The van der Waals surface area contributed by atoms with Gasteiger partial charge in [-0.1, -0.05) is 6.07 Å². The van der Waals surface area contributed by atoms with Gasteiger partial charge >= 0.3 is 0 Å². The van der Waals surface area contributed by atoms with Gasteiger partial charge in [0, 0.05) is 17.8 Å². The van der Waals surface area contributed by atoms with E-state index in [0.29, 0.717) is 0 Å². The van der Waals surface area contributed by atoms with E-state index in [2.05, 4.69) is 9.71 Å². The van der Waals surface area contributed by atoms with Crippen molar-refractivity contribution in [1.82, 2.24) is 9.71 Å². The highest BCUT2D eigenvalue weighted by atomic mass is 32.2. The van der Waals surface area contributed by atoms with Crippen molar-refractivity contribution in [1.29, 1.82) is 0 Å². The summed E-state index contributed by atoms with van der Waals surface area (Å²) in [5.74, 6) is -0.466. The van der Waals surface area contributed by atoms with Crippen LogP contribution in [0.3, 0.4) is 0 Å². The van der Waals surface area contributed by atoms with Crippen LogP contribution < -0.4 is 4.72 Å². The number of fused-ring (bicyclic) bond motifs is 1. The van der Waals surface area contributed by atoms with E-state index in [0.717, 1.165) is 34.3 Å². The lowest BCUT2D eigenvalue weighted by atomic mass is 10.1. The minimum Gasteiger partial charge on any atom is -0.359 e. The van der Waals surface area contributed by atoms with Gasteiger partial charge in [0.15, 0.2) is 0 Å². The minimum atomic E-state index is -3.65. The average Bonchev–Trinajstić information content (AvgIpc) is 2.85. The number of H-pyrrole nitrogens is 1. The number of aromatic nitrogens is 1. The highest BCUT2D eigenvalue weighted by Gasteiger charge is 2.13. The second-order valence-electron chi connectivity index (χ2n) is 5.15. The predicted molar refractivity (Wildman–Crippen MR) is 83.5 cm³/mol. The fourth-order valence-corrected chi connectivity index (χ4v) is 3.33. The summed E-state index contributed by atoms with van der Waals surface area (Å²) in [6, 6.07) is 12.5. The molecule has 0 saturated heterocycles. The molecule has 2 N–H and O–H groups in total. The molecule has 0 fully saturated rings. The topological polar surface area (TPSA) is 62.0 Å². The second kappa shape index (κ2) is 5.55. The molecule has 1 aromatic heterocycles. The molecular weight excluding hydrogens is 303 g/mol. The van der Waals surface area contributed by atoms with Crippen molar-refractivity contribution in [3.05, 3.63) is 65.6 Å². The molecule has 114 valence electrons. The summed E-state index contributed by atoms with van der Waals surface area (Å²) in [4.78, 5) is 3.26. The maximum absolute atomic E-state index is 12.9. The number of rotatable bonds is 4. The van der Waals surface area contributed by atoms with Crippen LogP contribution in [-0.2, 0) is 16.6 Å². The van der Waals surface area contributed by atoms with E-state index in [1.165, 1.54) is 12.1 Å². The lowest BCUT2D eigenvalue weighted by Crippen LogP contribution is -2.23. The number of aryl methyl sites for hydroxylation is 1. The van der Waals surface area contributed by atoms with Gasteiger partial charge in [0.2, 0.25) is 10.0 Å². The maximum atomic E-state index is 12.9. The lowest BCUT2D eigenvalue weighted by molar-refractivity contribution is 0.580. The summed E-state index contributed by atoms with van der Waals surface area (Å²) in [6.45, 7) is 2.15. The Labute approximate surface area is 128 Å². The van der Waals surface area contributed by atoms with Crippen LogP contribution in [0.25, 0.3) is 10.9 Å². The van der Waals surface area contributed by atoms with E-state index in [4.69, 9.17) is 0 Å². The van der Waals surface area contributed by atoms with Crippen molar-refractivity contribution in [3.63, 3.8) is 0 Å². The Morgan fingerprint density at radius 1 is 1.09 bits per heavy atom. The Hall–Kier alpha value is -2.18. The number of benzene rings is 2. The number of nitrogens with one attached hydrogen (secondary N) is 2. The van der Waals surface area contributed by atoms with E-state index in [1.54, 1.807) is 0 Å². The Morgan fingerprint density at radius 2 is 1.82 bits per heavy atom. The van der Waals surface area contributed by atoms with Crippen molar-refractivity contribution in [2.45, 2.75) is 18.4 Å². The van der Waals surface area contributed by atoms with Gasteiger partial charge in [-0.05, 0) is 60.3 Å². The molecule has 0 aliphatic carbocycles. The first-order chi connectivity index (χ1) is 10.4. The Bertz CT molecular complexity index is 915. The number of hydrogen-bond acceptors (Lipinski definition) is 2. The molecule has 0 saturated carbocycles. The van der Waals surface area contributed by atoms with E-state index >= 15 is 0 Å². The zero-order chi connectivity index (χ0) is 15.7. The second-order valence-corrected chi connectivity index (χ2v) is 6.92. The van der Waals surface area contributed by atoms with Crippen LogP contribution in [0, 0.1) is 12.7 Å². The highest BCUT2D eigenvalue weighted by molar-refractivity contribution is 7.89. The first-order valence-corrected chi connectivity index (χ1v) is 8.26. The van der Waals surface area contributed by atoms with Crippen LogP contribution >= 0.6 is 0 Å². The summed E-state index contributed by atoms with van der Waals surface area (Å²) in [5.41, 5.74) is 2.93. The quantitative estimate of drug-likeness (QED) is 0.776. The molecule has 0 radical (unpaired) electrons. The van der Waals surface area contributed by atoms with Crippen LogP contribution in [-0.4, -0.2) is 13.4 Å². The number of hydrogen-bond donors (Lipinski definition) is 2. The summed E-state index contributed by atoms with van der Waals surface area (Å²) in [5, 5.41) is 1.04. The fraction of sp³-hybridized carbons (Fsp3) is 0.125. The van der Waals surface area contributed by atoms with Crippen molar-refractivity contribution in [2.24, 2.45) is 0 Å². The van der Waals surface area contributed by atoms with Gasteiger partial charge in [-0.25, -0.2) is 17.5 Å². The Balaban J connectivity index is 1.78. The largest absolute Gasteiger partial charge is 0.359 e. The fourth-order valence-electron chi connectivity index (χ4n) is 2.31. The van der Waals surface area contributed by atoms with Crippen molar-refractivity contribution < 1.29 is 12.8 Å². The summed E-state index contributed by atoms with van der Waals surface area (Å²) < 4.78 is 39.7. The molecule has 1 heterocycles. The van der Waals surface area contributed by atoms with Gasteiger partial charge in [0.1, 0.15) is 5.82 Å². The molecule has 0 spiro atoms. The molecule has 0 amide bonds. The Morgan fingerprint density at radius 3 is 2.55 bits per heavy atom.